The molecule has 1 aromatic carbocycles. The summed E-state index contributed by atoms with van der Waals surface area (Å²) in [5, 5.41) is 8.38. The number of halogens is 2. The molecule has 0 aliphatic carbocycles. The number of benzene rings is 1. The summed E-state index contributed by atoms with van der Waals surface area (Å²) < 4.78 is 0. The number of rotatable bonds is 1. The van der Waals surface area contributed by atoms with Gasteiger partial charge in [-0.2, -0.15) is 0 Å². The van der Waals surface area contributed by atoms with Gasteiger partial charge in [0, 0.05) is 0 Å². The third kappa shape index (κ3) is 5.77. The van der Waals surface area contributed by atoms with E-state index in [4.69, 9.17) is 5.11 Å². The van der Waals surface area contributed by atoms with Crippen molar-refractivity contribution in [2.24, 2.45) is 0 Å². The van der Waals surface area contributed by atoms with Crippen LogP contribution in [0.3, 0.4) is 0 Å². The molecule has 0 heterocycles. The zero-order chi connectivity index (χ0) is 9.40. The van der Waals surface area contributed by atoms with Crippen molar-refractivity contribution in [3.8, 4) is 0 Å². The van der Waals surface area contributed by atoms with Crippen molar-refractivity contribution < 1.29 is 21.2 Å². The first-order valence-electron chi connectivity index (χ1n) is 2.82. The van der Waals surface area contributed by atoms with E-state index in [1.54, 1.807) is 30.3 Å². The van der Waals surface area contributed by atoms with Crippen LogP contribution in [0.15, 0.2) is 30.3 Å². The quantitative estimate of drug-likeness (QED) is 0.794. The first-order valence-corrected chi connectivity index (χ1v) is 7.47. The summed E-state index contributed by atoms with van der Waals surface area (Å²) in [4.78, 5) is 10.2. The van der Waals surface area contributed by atoms with Crippen LogP contribution < -0.4 is 0 Å². The second kappa shape index (κ2) is 7.80. The SMILES string of the molecule is O=C(O)c1ccccc1.[Br][Cu][Br]. The summed E-state index contributed by atoms with van der Waals surface area (Å²) in [6.07, 6.45) is 0. The molecule has 1 N–H and O–H groups in total. The third-order valence-electron chi connectivity index (χ3n) is 1.02. The van der Waals surface area contributed by atoms with E-state index in [0.717, 1.165) is 0 Å². The Morgan fingerprint density at radius 1 is 1.25 bits per heavy atom. The van der Waals surface area contributed by atoms with Gasteiger partial charge in [-0.15, -0.1) is 0 Å². The van der Waals surface area contributed by atoms with Crippen molar-refractivity contribution in [1.82, 2.24) is 0 Å². The van der Waals surface area contributed by atoms with Crippen LogP contribution in [0, 0.1) is 0 Å². The Morgan fingerprint density at radius 2 is 1.67 bits per heavy atom. The van der Waals surface area contributed by atoms with Gasteiger partial charge in [0.15, 0.2) is 0 Å². The second-order valence-electron chi connectivity index (χ2n) is 1.71. The molecular formula is C7H6Br2CuO2. The van der Waals surface area contributed by atoms with E-state index in [1.165, 1.54) is 11.3 Å². The molecule has 71 valence electrons. The standard InChI is InChI=1S/C7H6O2.2BrH.Cu/c8-7(9)6-4-2-1-3-5-6;;;/h1-5H,(H,8,9);2*1H;/q;;;+2/p-2. The predicted molar refractivity (Wildman–Crippen MR) is 51.3 cm³/mol. The molecule has 0 spiro atoms. The maximum absolute atomic E-state index is 10.2. The first kappa shape index (κ1) is 12.2. The molecule has 0 aromatic heterocycles. The Labute approximate surface area is 90.9 Å². The molecule has 0 aliphatic rings. The Kier molecular flexibility index (Phi) is 7.91. The number of carbonyl (C=O) groups is 1. The summed E-state index contributed by atoms with van der Waals surface area (Å²) in [6.45, 7) is 0. The van der Waals surface area contributed by atoms with Crippen molar-refractivity contribution in [1.29, 1.82) is 0 Å². The molecule has 12 heavy (non-hydrogen) atoms. The van der Waals surface area contributed by atoms with E-state index in [9.17, 15) is 4.79 Å². The van der Waals surface area contributed by atoms with E-state index in [-0.39, 0.29) is 0 Å². The van der Waals surface area contributed by atoms with E-state index in [1.807, 2.05) is 0 Å². The predicted octanol–water partition coefficient (Wildman–Crippen LogP) is 3.07. The molecule has 0 amide bonds. The molecule has 0 bridgehead atoms. The van der Waals surface area contributed by atoms with E-state index in [2.05, 4.69) is 28.2 Å². The van der Waals surface area contributed by atoms with Gasteiger partial charge in [-0.1, -0.05) is 18.2 Å². The van der Waals surface area contributed by atoms with Crippen LogP contribution in [0.1, 0.15) is 10.4 Å². The van der Waals surface area contributed by atoms with Gasteiger partial charge in [0.05, 0.1) is 5.56 Å². The Morgan fingerprint density at radius 3 is 1.92 bits per heavy atom. The molecule has 0 saturated heterocycles. The van der Waals surface area contributed by atoms with Crippen LogP contribution in [0.4, 0.5) is 0 Å². The summed E-state index contributed by atoms with van der Waals surface area (Å²) >= 11 is 7.38. The van der Waals surface area contributed by atoms with Gasteiger partial charge >= 0.3 is 45.5 Å². The van der Waals surface area contributed by atoms with Crippen LogP contribution in [0.2, 0.25) is 0 Å². The second-order valence-corrected chi connectivity index (χ2v) is 6.47. The van der Waals surface area contributed by atoms with Crippen LogP contribution in [-0.2, 0) is 11.3 Å². The molecular weight excluding hydrogens is 339 g/mol. The van der Waals surface area contributed by atoms with Gasteiger partial charge in [0.1, 0.15) is 0 Å². The van der Waals surface area contributed by atoms with Crippen LogP contribution >= 0.6 is 28.2 Å². The van der Waals surface area contributed by atoms with Crippen molar-refractivity contribution in [2.45, 2.75) is 0 Å². The molecule has 1 aromatic rings. The maximum atomic E-state index is 10.2. The van der Waals surface area contributed by atoms with E-state index >= 15 is 0 Å². The summed E-state index contributed by atoms with van der Waals surface area (Å²) in [5.74, 6) is -0.879. The van der Waals surface area contributed by atoms with Gasteiger partial charge in [-0.3, -0.25) is 0 Å². The molecule has 0 fully saturated rings. The first-order chi connectivity index (χ1) is 5.72. The fraction of sp³-hybridized carbons (Fsp3) is 0. The van der Waals surface area contributed by atoms with E-state index in [0.29, 0.717) is 5.56 Å². The van der Waals surface area contributed by atoms with Gasteiger partial charge in [0.2, 0.25) is 0 Å². The Balaban J connectivity index is 0.000000354. The minimum atomic E-state index is -0.879. The van der Waals surface area contributed by atoms with Crippen LogP contribution in [-0.4, -0.2) is 11.1 Å². The molecule has 0 saturated carbocycles. The summed E-state index contributed by atoms with van der Waals surface area (Å²) in [6, 6.07) is 8.30. The van der Waals surface area contributed by atoms with Crippen molar-refractivity contribution in [3.63, 3.8) is 0 Å². The van der Waals surface area contributed by atoms with Gasteiger partial charge in [-0.05, 0) is 12.1 Å². The van der Waals surface area contributed by atoms with Gasteiger partial charge in [0.25, 0.3) is 0 Å². The molecule has 0 aliphatic heterocycles. The van der Waals surface area contributed by atoms with Crippen molar-refractivity contribution >= 4 is 34.2 Å². The average Bonchev–Trinajstić information content (AvgIpc) is 2.07. The number of hydrogen-bond acceptors (Lipinski definition) is 1. The van der Waals surface area contributed by atoms with Crippen molar-refractivity contribution in [2.75, 3.05) is 0 Å². The molecule has 2 nitrogen and oxygen atoms in total. The fourth-order valence-electron chi connectivity index (χ4n) is 0.581. The van der Waals surface area contributed by atoms with Crippen LogP contribution in [0.25, 0.3) is 0 Å². The van der Waals surface area contributed by atoms with E-state index < -0.39 is 5.97 Å². The fourth-order valence-corrected chi connectivity index (χ4v) is 0.581. The van der Waals surface area contributed by atoms with Crippen molar-refractivity contribution in [3.05, 3.63) is 35.9 Å². The van der Waals surface area contributed by atoms with Gasteiger partial charge in [-0.25, -0.2) is 4.79 Å². The summed E-state index contributed by atoms with van der Waals surface area (Å²) in [7, 11) is 0. The van der Waals surface area contributed by atoms with Crippen LogP contribution in [0.5, 0.6) is 0 Å². The number of carboxylic acids is 1. The minimum absolute atomic E-state index is 0.331. The number of carboxylic acid groups (broad SMARTS) is 1. The Bertz CT molecular complexity index is 228. The zero-order valence-electron chi connectivity index (χ0n) is 5.80. The number of aromatic carboxylic acids is 1. The Hall–Kier alpha value is 0.169. The molecule has 5 heteroatoms. The molecule has 0 atom stereocenters. The topological polar surface area (TPSA) is 37.3 Å². The monoisotopic (exact) mass is 343 g/mol. The number of hydrogen-bond donors (Lipinski definition) is 1. The molecule has 1 rings (SSSR count). The zero-order valence-corrected chi connectivity index (χ0v) is 9.91. The molecule has 0 unspecified atom stereocenters. The average molecular weight is 345 g/mol. The van der Waals surface area contributed by atoms with Gasteiger partial charge < -0.3 is 5.11 Å². The third-order valence-corrected chi connectivity index (χ3v) is 1.02. The normalized spacial score (nSPS) is 8.50. The molecule has 0 radical (unpaired) electrons. The summed E-state index contributed by atoms with van der Waals surface area (Å²) in [5.41, 5.74) is 0.331.